The van der Waals surface area contributed by atoms with Gasteiger partial charge < -0.3 is 10.3 Å². The molecule has 1 aliphatic heterocycles. The molecule has 1 unspecified atom stereocenters. The lowest BCUT2D eigenvalue weighted by Gasteiger charge is -2.37. The molecule has 1 aliphatic rings. The van der Waals surface area contributed by atoms with Crippen LogP contribution in [0.4, 0.5) is 0 Å². The molecule has 0 aromatic carbocycles. The zero-order valence-electron chi connectivity index (χ0n) is 11.9. The van der Waals surface area contributed by atoms with Crippen LogP contribution in [0.25, 0.3) is 0 Å². The maximum Gasteiger partial charge on any atom is 0.250 e. The molecule has 2 N–H and O–H groups in total. The van der Waals surface area contributed by atoms with E-state index in [4.69, 9.17) is 18.0 Å². The fourth-order valence-corrected chi connectivity index (χ4v) is 2.60. The molecule has 2 rings (SSSR count). The average molecular weight is 294 g/mol. The van der Waals surface area contributed by atoms with Gasteiger partial charge in [0.1, 0.15) is 0 Å². The number of rotatable bonds is 5. The molecule has 1 fully saturated rings. The van der Waals surface area contributed by atoms with E-state index in [1.807, 2.05) is 12.3 Å². The predicted octanol–water partition coefficient (Wildman–Crippen LogP) is 0.141. The SMILES string of the molecule is CC(C(N)=S)N1CCN(CCn2ccccc2=O)CC1. The van der Waals surface area contributed by atoms with Crippen molar-refractivity contribution in [2.45, 2.75) is 19.5 Å². The summed E-state index contributed by atoms with van der Waals surface area (Å²) in [5.41, 5.74) is 5.75. The van der Waals surface area contributed by atoms with Crippen LogP contribution in [0.5, 0.6) is 0 Å². The minimum absolute atomic E-state index is 0.0632. The van der Waals surface area contributed by atoms with Crippen molar-refractivity contribution in [3.63, 3.8) is 0 Å². The number of hydrogen-bond donors (Lipinski definition) is 1. The van der Waals surface area contributed by atoms with Crippen molar-refractivity contribution in [3.8, 4) is 0 Å². The zero-order chi connectivity index (χ0) is 14.5. The molecule has 0 aliphatic carbocycles. The van der Waals surface area contributed by atoms with Gasteiger partial charge >= 0.3 is 0 Å². The highest BCUT2D eigenvalue weighted by molar-refractivity contribution is 7.80. The van der Waals surface area contributed by atoms with Gasteiger partial charge in [0.15, 0.2) is 0 Å². The van der Waals surface area contributed by atoms with E-state index in [-0.39, 0.29) is 11.6 Å². The first kappa shape index (κ1) is 15.2. The molecule has 0 bridgehead atoms. The van der Waals surface area contributed by atoms with Gasteiger partial charge in [0, 0.05) is 51.5 Å². The predicted molar refractivity (Wildman–Crippen MR) is 85.0 cm³/mol. The maximum atomic E-state index is 11.6. The fourth-order valence-electron chi connectivity index (χ4n) is 2.45. The molecule has 5 nitrogen and oxygen atoms in total. The summed E-state index contributed by atoms with van der Waals surface area (Å²) in [4.78, 5) is 16.9. The molecule has 0 radical (unpaired) electrons. The first-order valence-corrected chi connectivity index (χ1v) is 7.40. The molecule has 1 atom stereocenters. The lowest BCUT2D eigenvalue weighted by atomic mass is 10.2. The Morgan fingerprint density at radius 2 is 2.00 bits per heavy atom. The van der Waals surface area contributed by atoms with Crippen LogP contribution in [0.1, 0.15) is 6.92 Å². The summed E-state index contributed by atoms with van der Waals surface area (Å²) in [5.74, 6) is 0. The van der Waals surface area contributed by atoms with Crippen molar-refractivity contribution in [2.24, 2.45) is 5.73 Å². The van der Waals surface area contributed by atoms with Gasteiger partial charge in [-0.05, 0) is 13.0 Å². The van der Waals surface area contributed by atoms with Crippen molar-refractivity contribution < 1.29 is 0 Å². The molecule has 0 spiro atoms. The molecule has 110 valence electrons. The van der Waals surface area contributed by atoms with E-state index in [2.05, 4.69) is 16.7 Å². The average Bonchev–Trinajstić information content (AvgIpc) is 2.46. The Morgan fingerprint density at radius 3 is 2.60 bits per heavy atom. The molecule has 20 heavy (non-hydrogen) atoms. The Kier molecular flexibility index (Phi) is 5.28. The normalized spacial score (nSPS) is 18.9. The number of piperazine rings is 1. The monoisotopic (exact) mass is 294 g/mol. The van der Waals surface area contributed by atoms with Crippen LogP contribution in [0.3, 0.4) is 0 Å². The van der Waals surface area contributed by atoms with E-state index in [1.165, 1.54) is 0 Å². The molecule has 1 aromatic heterocycles. The first-order chi connectivity index (χ1) is 9.58. The van der Waals surface area contributed by atoms with Crippen molar-refractivity contribution in [3.05, 3.63) is 34.7 Å². The number of thiocarbonyl (C=S) groups is 1. The quantitative estimate of drug-likeness (QED) is 0.783. The number of pyridine rings is 1. The van der Waals surface area contributed by atoms with Crippen LogP contribution >= 0.6 is 12.2 Å². The van der Waals surface area contributed by atoms with Gasteiger partial charge in [-0.2, -0.15) is 0 Å². The summed E-state index contributed by atoms with van der Waals surface area (Å²) >= 11 is 5.04. The van der Waals surface area contributed by atoms with Gasteiger partial charge in [0.25, 0.3) is 5.56 Å². The van der Waals surface area contributed by atoms with Gasteiger partial charge in [0.05, 0.1) is 11.0 Å². The topological polar surface area (TPSA) is 54.5 Å². The van der Waals surface area contributed by atoms with E-state index in [9.17, 15) is 4.79 Å². The minimum atomic E-state index is 0.0632. The second-order valence-electron chi connectivity index (χ2n) is 5.19. The second-order valence-corrected chi connectivity index (χ2v) is 5.66. The van der Waals surface area contributed by atoms with Crippen LogP contribution in [-0.4, -0.2) is 58.1 Å². The largest absolute Gasteiger partial charge is 0.392 e. The summed E-state index contributed by atoms with van der Waals surface area (Å²) in [6.45, 7) is 7.64. The summed E-state index contributed by atoms with van der Waals surface area (Å²) in [6, 6.07) is 5.43. The Labute approximate surface area is 125 Å². The molecular formula is C14H22N4OS. The zero-order valence-corrected chi connectivity index (χ0v) is 12.7. The van der Waals surface area contributed by atoms with Gasteiger partial charge in [-0.15, -0.1) is 0 Å². The van der Waals surface area contributed by atoms with Gasteiger partial charge in [0.2, 0.25) is 0 Å². The summed E-state index contributed by atoms with van der Waals surface area (Å²) in [6.07, 6.45) is 1.84. The van der Waals surface area contributed by atoms with Crippen molar-refractivity contribution in [1.82, 2.24) is 14.4 Å². The molecule has 0 saturated carbocycles. The molecule has 1 saturated heterocycles. The standard InChI is InChI=1S/C14H22N4OS/c1-12(14(15)20)17-9-6-16(7-10-17)8-11-18-5-3-2-4-13(18)19/h2-5,12H,6-11H2,1H3,(H2,15,20). The Morgan fingerprint density at radius 1 is 1.30 bits per heavy atom. The first-order valence-electron chi connectivity index (χ1n) is 6.99. The number of aromatic nitrogens is 1. The number of nitrogens with zero attached hydrogens (tertiary/aromatic N) is 3. The molecule has 0 amide bonds. The Hall–Kier alpha value is -1.24. The van der Waals surface area contributed by atoms with Crippen molar-refractivity contribution in [2.75, 3.05) is 32.7 Å². The summed E-state index contributed by atoms with van der Waals surface area (Å²) in [5, 5.41) is 0. The molecule has 6 heteroatoms. The van der Waals surface area contributed by atoms with Gasteiger partial charge in [-0.1, -0.05) is 18.3 Å². The van der Waals surface area contributed by atoms with Crippen LogP contribution in [0, 0.1) is 0 Å². The molecular weight excluding hydrogens is 272 g/mol. The van der Waals surface area contributed by atoms with E-state index >= 15 is 0 Å². The van der Waals surface area contributed by atoms with Crippen molar-refractivity contribution in [1.29, 1.82) is 0 Å². The smallest absolute Gasteiger partial charge is 0.250 e. The highest BCUT2D eigenvalue weighted by Gasteiger charge is 2.22. The third kappa shape index (κ3) is 3.88. The highest BCUT2D eigenvalue weighted by Crippen LogP contribution is 2.06. The van der Waals surface area contributed by atoms with Crippen LogP contribution in [-0.2, 0) is 6.54 Å². The van der Waals surface area contributed by atoms with Crippen molar-refractivity contribution >= 4 is 17.2 Å². The fraction of sp³-hybridized carbons (Fsp3) is 0.571. The van der Waals surface area contributed by atoms with Crippen LogP contribution in [0.15, 0.2) is 29.2 Å². The van der Waals surface area contributed by atoms with E-state index in [0.717, 1.165) is 39.3 Å². The van der Waals surface area contributed by atoms with E-state index in [0.29, 0.717) is 4.99 Å². The molecule has 1 aromatic rings. The maximum absolute atomic E-state index is 11.6. The van der Waals surface area contributed by atoms with E-state index in [1.54, 1.807) is 16.7 Å². The lowest BCUT2D eigenvalue weighted by molar-refractivity contribution is 0.119. The van der Waals surface area contributed by atoms with Crippen LogP contribution in [0.2, 0.25) is 0 Å². The Balaban J connectivity index is 1.79. The molecule has 2 heterocycles. The minimum Gasteiger partial charge on any atom is -0.392 e. The van der Waals surface area contributed by atoms with Gasteiger partial charge in [-0.25, -0.2) is 0 Å². The third-order valence-electron chi connectivity index (χ3n) is 3.92. The van der Waals surface area contributed by atoms with Gasteiger partial charge in [-0.3, -0.25) is 14.6 Å². The van der Waals surface area contributed by atoms with Crippen LogP contribution < -0.4 is 11.3 Å². The highest BCUT2D eigenvalue weighted by atomic mass is 32.1. The third-order valence-corrected chi connectivity index (χ3v) is 4.26. The summed E-state index contributed by atoms with van der Waals surface area (Å²) < 4.78 is 1.75. The lowest BCUT2D eigenvalue weighted by Crippen LogP contribution is -2.53. The summed E-state index contributed by atoms with van der Waals surface area (Å²) in [7, 11) is 0. The second kappa shape index (κ2) is 6.97. The number of hydrogen-bond acceptors (Lipinski definition) is 4. The Bertz CT molecular complexity index is 508. The van der Waals surface area contributed by atoms with E-state index < -0.39 is 0 Å². The number of nitrogens with two attached hydrogens (primary N) is 1.